The van der Waals surface area contributed by atoms with E-state index in [0.717, 1.165) is 22.3 Å². The SMILES string of the molecule is COc1ccc(-n2ccc3c(N)nccc32)cc1. The summed E-state index contributed by atoms with van der Waals surface area (Å²) in [5, 5.41) is 0.966. The van der Waals surface area contributed by atoms with Crippen LogP contribution in [-0.4, -0.2) is 16.7 Å². The number of nitrogen functional groups attached to an aromatic ring is 1. The fourth-order valence-electron chi connectivity index (χ4n) is 2.06. The summed E-state index contributed by atoms with van der Waals surface area (Å²) in [6.45, 7) is 0. The fourth-order valence-corrected chi connectivity index (χ4v) is 2.06. The number of fused-ring (bicyclic) bond motifs is 1. The molecule has 2 aromatic heterocycles. The number of benzene rings is 1. The predicted octanol–water partition coefficient (Wildman–Crippen LogP) is 2.62. The summed E-state index contributed by atoms with van der Waals surface area (Å²) in [4.78, 5) is 4.09. The lowest BCUT2D eigenvalue weighted by molar-refractivity contribution is 0.415. The highest BCUT2D eigenvalue weighted by atomic mass is 16.5. The van der Waals surface area contributed by atoms with Crippen LogP contribution in [0, 0.1) is 0 Å². The molecule has 0 unspecified atom stereocenters. The molecule has 0 bridgehead atoms. The number of anilines is 1. The second-order valence-electron chi connectivity index (χ2n) is 4.01. The molecule has 2 N–H and O–H groups in total. The number of nitrogens with zero attached hydrogens (tertiary/aromatic N) is 2. The number of hydrogen-bond donors (Lipinski definition) is 1. The molecule has 0 amide bonds. The molecule has 0 saturated carbocycles. The Morgan fingerprint density at radius 2 is 1.89 bits per heavy atom. The maximum absolute atomic E-state index is 5.85. The maximum Gasteiger partial charge on any atom is 0.132 e. The van der Waals surface area contributed by atoms with E-state index in [-0.39, 0.29) is 0 Å². The van der Waals surface area contributed by atoms with Crippen molar-refractivity contribution in [2.24, 2.45) is 0 Å². The van der Waals surface area contributed by atoms with Gasteiger partial charge in [0, 0.05) is 23.5 Å². The van der Waals surface area contributed by atoms with Crippen molar-refractivity contribution < 1.29 is 4.74 Å². The van der Waals surface area contributed by atoms with Crippen LogP contribution in [0.5, 0.6) is 5.75 Å². The highest BCUT2D eigenvalue weighted by Crippen LogP contribution is 2.24. The van der Waals surface area contributed by atoms with Crippen LogP contribution in [0.25, 0.3) is 16.6 Å². The van der Waals surface area contributed by atoms with Crippen molar-refractivity contribution in [3.63, 3.8) is 0 Å². The molecule has 3 aromatic rings. The fraction of sp³-hybridized carbons (Fsp3) is 0.0714. The Balaban J connectivity index is 2.16. The molecule has 1 aromatic carbocycles. The third kappa shape index (κ3) is 1.59. The first-order valence-corrected chi connectivity index (χ1v) is 5.65. The summed E-state index contributed by atoms with van der Waals surface area (Å²) in [7, 11) is 1.66. The van der Waals surface area contributed by atoms with Crippen LogP contribution in [-0.2, 0) is 0 Å². The van der Waals surface area contributed by atoms with E-state index in [1.54, 1.807) is 13.3 Å². The summed E-state index contributed by atoms with van der Waals surface area (Å²) < 4.78 is 7.23. The molecule has 2 heterocycles. The van der Waals surface area contributed by atoms with Crippen LogP contribution < -0.4 is 10.5 Å². The molecular formula is C14H13N3O. The summed E-state index contributed by atoms with van der Waals surface area (Å²) in [5.74, 6) is 1.40. The van der Waals surface area contributed by atoms with E-state index in [9.17, 15) is 0 Å². The molecule has 3 rings (SSSR count). The number of rotatable bonds is 2. The largest absolute Gasteiger partial charge is 0.497 e. The number of methoxy groups -OCH3 is 1. The zero-order chi connectivity index (χ0) is 12.5. The molecular weight excluding hydrogens is 226 g/mol. The Morgan fingerprint density at radius 1 is 1.11 bits per heavy atom. The van der Waals surface area contributed by atoms with Gasteiger partial charge in [-0.1, -0.05) is 0 Å². The summed E-state index contributed by atoms with van der Waals surface area (Å²) in [6, 6.07) is 11.8. The van der Waals surface area contributed by atoms with Crippen LogP contribution in [0.3, 0.4) is 0 Å². The van der Waals surface area contributed by atoms with E-state index in [2.05, 4.69) is 9.55 Å². The monoisotopic (exact) mass is 239 g/mol. The minimum Gasteiger partial charge on any atom is -0.497 e. The minimum atomic E-state index is 0.555. The van der Waals surface area contributed by atoms with Gasteiger partial charge in [0.05, 0.1) is 12.6 Å². The molecule has 0 atom stereocenters. The van der Waals surface area contributed by atoms with E-state index in [0.29, 0.717) is 5.82 Å². The maximum atomic E-state index is 5.85. The Labute approximate surface area is 105 Å². The average molecular weight is 239 g/mol. The van der Waals surface area contributed by atoms with E-state index < -0.39 is 0 Å². The second kappa shape index (κ2) is 4.07. The molecule has 0 saturated heterocycles. The third-order valence-corrected chi connectivity index (χ3v) is 3.00. The van der Waals surface area contributed by atoms with Gasteiger partial charge in [-0.05, 0) is 36.4 Å². The van der Waals surface area contributed by atoms with Gasteiger partial charge in [0.2, 0.25) is 0 Å². The van der Waals surface area contributed by atoms with Gasteiger partial charge in [0.15, 0.2) is 0 Å². The van der Waals surface area contributed by atoms with E-state index >= 15 is 0 Å². The number of ether oxygens (including phenoxy) is 1. The normalized spacial score (nSPS) is 10.7. The lowest BCUT2D eigenvalue weighted by Gasteiger charge is -2.06. The van der Waals surface area contributed by atoms with Crippen LogP contribution in [0.15, 0.2) is 48.8 Å². The van der Waals surface area contributed by atoms with Crippen molar-refractivity contribution in [3.8, 4) is 11.4 Å². The van der Waals surface area contributed by atoms with Crippen molar-refractivity contribution in [3.05, 3.63) is 48.8 Å². The van der Waals surface area contributed by atoms with Gasteiger partial charge in [-0.25, -0.2) is 4.98 Å². The molecule has 0 spiro atoms. The number of aromatic nitrogens is 2. The van der Waals surface area contributed by atoms with E-state index in [4.69, 9.17) is 10.5 Å². The standard InChI is InChI=1S/C14H13N3O/c1-18-11-4-2-10(3-5-11)17-9-7-12-13(17)6-8-16-14(12)15/h2-9H,1H3,(H2,15,16). The quantitative estimate of drug-likeness (QED) is 0.748. The van der Waals surface area contributed by atoms with Gasteiger partial charge in [-0.2, -0.15) is 0 Å². The van der Waals surface area contributed by atoms with Gasteiger partial charge in [-0.3, -0.25) is 0 Å². The molecule has 0 aliphatic rings. The molecule has 0 aliphatic carbocycles. The second-order valence-corrected chi connectivity index (χ2v) is 4.01. The molecule has 0 fully saturated rings. The number of pyridine rings is 1. The van der Waals surface area contributed by atoms with Crippen LogP contribution >= 0.6 is 0 Å². The highest BCUT2D eigenvalue weighted by Gasteiger charge is 2.05. The smallest absolute Gasteiger partial charge is 0.132 e. The lowest BCUT2D eigenvalue weighted by atomic mass is 10.3. The van der Waals surface area contributed by atoms with Gasteiger partial charge in [-0.15, -0.1) is 0 Å². The third-order valence-electron chi connectivity index (χ3n) is 3.00. The Kier molecular flexibility index (Phi) is 2.41. The summed E-state index contributed by atoms with van der Waals surface area (Å²) in [5.41, 5.74) is 7.96. The Hall–Kier alpha value is -2.49. The van der Waals surface area contributed by atoms with Crippen LogP contribution in [0.4, 0.5) is 5.82 Å². The molecule has 0 aliphatic heterocycles. The molecule has 18 heavy (non-hydrogen) atoms. The van der Waals surface area contributed by atoms with Gasteiger partial charge in [0.1, 0.15) is 11.6 Å². The van der Waals surface area contributed by atoms with Crippen molar-refractivity contribution in [2.75, 3.05) is 12.8 Å². The van der Waals surface area contributed by atoms with Crippen LogP contribution in [0.1, 0.15) is 0 Å². The topological polar surface area (TPSA) is 53.1 Å². The number of nitrogens with two attached hydrogens (primary N) is 1. The number of hydrogen-bond acceptors (Lipinski definition) is 3. The van der Waals surface area contributed by atoms with E-state index in [1.807, 2.05) is 42.6 Å². The summed E-state index contributed by atoms with van der Waals surface area (Å²) in [6.07, 6.45) is 3.71. The van der Waals surface area contributed by atoms with Crippen molar-refractivity contribution in [2.45, 2.75) is 0 Å². The molecule has 4 nitrogen and oxygen atoms in total. The molecule has 0 radical (unpaired) electrons. The lowest BCUT2D eigenvalue weighted by Crippen LogP contribution is -1.94. The minimum absolute atomic E-state index is 0.555. The van der Waals surface area contributed by atoms with Gasteiger partial charge < -0.3 is 15.0 Å². The van der Waals surface area contributed by atoms with Crippen molar-refractivity contribution in [1.29, 1.82) is 0 Å². The molecule has 90 valence electrons. The van der Waals surface area contributed by atoms with Crippen molar-refractivity contribution >= 4 is 16.7 Å². The highest BCUT2D eigenvalue weighted by molar-refractivity contribution is 5.90. The van der Waals surface area contributed by atoms with Crippen molar-refractivity contribution in [1.82, 2.24) is 9.55 Å². The first-order valence-electron chi connectivity index (χ1n) is 5.65. The van der Waals surface area contributed by atoms with Crippen LogP contribution in [0.2, 0.25) is 0 Å². The van der Waals surface area contributed by atoms with E-state index in [1.165, 1.54) is 0 Å². The Bertz CT molecular complexity index is 686. The first kappa shape index (κ1) is 10.7. The average Bonchev–Trinajstić information content (AvgIpc) is 2.84. The molecule has 4 heteroatoms. The first-order chi connectivity index (χ1) is 8.79. The van der Waals surface area contributed by atoms with Gasteiger partial charge in [0.25, 0.3) is 0 Å². The Morgan fingerprint density at radius 3 is 2.61 bits per heavy atom. The zero-order valence-electron chi connectivity index (χ0n) is 10.00. The summed E-state index contributed by atoms with van der Waals surface area (Å²) >= 11 is 0. The zero-order valence-corrected chi connectivity index (χ0v) is 10.00. The predicted molar refractivity (Wildman–Crippen MR) is 72.0 cm³/mol. The van der Waals surface area contributed by atoms with Gasteiger partial charge >= 0.3 is 0 Å².